The summed E-state index contributed by atoms with van der Waals surface area (Å²) in [7, 11) is 0. The minimum absolute atomic E-state index is 0.0601. The molecule has 0 spiro atoms. The molecule has 0 atom stereocenters. The van der Waals surface area contributed by atoms with E-state index in [1.807, 2.05) is 45.0 Å². The quantitative estimate of drug-likeness (QED) is 0.734. The van der Waals surface area contributed by atoms with Crippen molar-refractivity contribution in [3.05, 3.63) is 35.4 Å². The normalized spacial score (nSPS) is 11.0. The maximum absolute atomic E-state index is 11.8. The van der Waals surface area contributed by atoms with Crippen LogP contribution in [0.2, 0.25) is 0 Å². The molecule has 0 saturated heterocycles. The first-order chi connectivity index (χ1) is 9.80. The summed E-state index contributed by atoms with van der Waals surface area (Å²) in [6, 6.07) is 7.63. The molecule has 0 unspecified atom stereocenters. The van der Waals surface area contributed by atoms with Gasteiger partial charge in [-0.3, -0.25) is 9.59 Å². The largest absolute Gasteiger partial charge is 0.355 e. The molecule has 116 valence electrons. The van der Waals surface area contributed by atoms with Crippen molar-refractivity contribution in [1.29, 1.82) is 0 Å². The lowest BCUT2D eigenvalue weighted by atomic mass is 10.1. The van der Waals surface area contributed by atoms with Crippen LogP contribution in [0.3, 0.4) is 0 Å². The highest BCUT2D eigenvalue weighted by Gasteiger charge is 2.13. The number of rotatable bonds is 6. The van der Waals surface area contributed by atoms with Gasteiger partial charge in [0.1, 0.15) is 0 Å². The summed E-state index contributed by atoms with van der Waals surface area (Å²) in [6.45, 7) is 6.62. The van der Waals surface area contributed by atoms with Gasteiger partial charge in [0.25, 0.3) is 0 Å². The van der Waals surface area contributed by atoms with Crippen LogP contribution in [-0.2, 0) is 22.6 Å². The van der Waals surface area contributed by atoms with Gasteiger partial charge >= 0.3 is 0 Å². The Balaban J connectivity index is 2.29. The van der Waals surface area contributed by atoms with Crippen molar-refractivity contribution in [3.63, 3.8) is 0 Å². The molecule has 5 nitrogen and oxygen atoms in total. The van der Waals surface area contributed by atoms with Gasteiger partial charge in [-0.25, -0.2) is 0 Å². The zero-order chi connectivity index (χ0) is 15.9. The molecule has 2 amide bonds. The molecular weight excluding hydrogens is 266 g/mol. The Morgan fingerprint density at radius 2 is 1.62 bits per heavy atom. The number of benzene rings is 1. The molecular formula is C16H25N3O2. The monoisotopic (exact) mass is 291 g/mol. The SMILES string of the molecule is CC(C)(C)NC(=O)CCNC(=O)Cc1ccc(CN)cc1. The third-order valence-electron chi connectivity index (χ3n) is 2.81. The molecule has 0 saturated carbocycles. The number of amides is 2. The summed E-state index contributed by atoms with van der Waals surface area (Å²) < 4.78 is 0. The molecule has 0 bridgehead atoms. The van der Waals surface area contributed by atoms with Crippen molar-refractivity contribution >= 4 is 11.8 Å². The lowest BCUT2D eigenvalue weighted by Gasteiger charge is -2.20. The first kappa shape index (κ1) is 17.2. The second kappa shape index (κ2) is 7.78. The van der Waals surface area contributed by atoms with Gasteiger partial charge in [-0.15, -0.1) is 0 Å². The van der Waals surface area contributed by atoms with Gasteiger partial charge in [-0.2, -0.15) is 0 Å². The highest BCUT2D eigenvalue weighted by atomic mass is 16.2. The minimum Gasteiger partial charge on any atom is -0.355 e. The number of carbonyl (C=O) groups excluding carboxylic acids is 2. The van der Waals surface area contributed by atoms with E-state index in [0.717, 1.165) is 11.1 Å². The van der Waals surface area contributed by atoms with Gasteiger partial charge < -0.3 is 16.4 Å². The van der Waals surface area contributed by atoms with E-state index in [0.29, 0.717) is 19.5 Å². The highest BCUT2D eigenvalue weighted by molar-refractivity contribution is 5.80. The molecule has 0 radical (unpaired) electrons. The van der Waals surface area contributed by atoms with Gasteiger partial charge in [0, 0.05) is 25.0 Å². The molecule has 21 heavy (non-hydrogen) atoms. The second-order valence-corrected chi connectivity index (χ2v) is 6.10. The fraction of sp³-hybridized carbons (Fsp3) is 0.500. The maximum Gasteiger partial charge on any atom is 0.224 e. The fourth-order valence-electron chi connectivity index (χ4n) is 1.84. The molecule has 0 heterocycles. The molecule has 0 aliphatic heterocycles. The van der Waals surface area contributed by atoms with Crippen molar-refractivity contribution in [2.24, 2.45) is 5.73 Å². The molecule has 1 rings (SSSR count). The van der Waals surface area contributed by atoms with Crippen LogP contribution in [0.5, 0.6) is 0 Å². The predicted molar refractivity (Wildman–Crippen MR) is 83.6 cm³/mol. The summed E-state index contributed by atoms with van der Waals surface area (Å²) in [5, 5.41) is 5.61. The van der Waals surface area contributed by atoms with Crippen LogP contribution < -0.4 is 16.4 Å². The number of hydrogen-bond acceptors (Lipinski definition) is 3. The zero-order valence-corrected chi connectivity index (χ0v) is 13.0. The van der Waals surface area contributed by atoms with Gasteiger partial charge in [0.2, 0.25) is 11.8 Å². The predicted octanol–water partition coefficient (Wildman–Crippen LogP) is 1.11. The maximum atomic E-state index is 11.8. The van der Waals surface area contributed by atoms with Crippen LogP contribution in [0.25, 0.3) is 0 Å². The summed E-state index contributed by atoms with van der Waals surface area (Å²) in [4.78, 5) is 23.4. The zero-order valence-electron chi connectivity index (χ0n) is 13.0. The first-order valence-corrected chi connectivity index (χ1v) is 7.16. The van der Waals surface area contributed by atoms with E-state index in [1.54, 1.807) is 0 Å². The smallest absolute Gasteiger partial charge is 0.224 e. The number of hydrogen-bond donors (Lipinski definition) is 3. The van der Waals surface area contributed by atoms with E-state index in [1.165, 1.54) is 0 Å². The Labute approximate surface area is 126 Å². The van der Waals surface area contributed by atoms with E-state index in [-0.39, 0.29) is 23.8 Å². The first-order valence-electron chi connectivity index (χ1n) is 7.16. The van der Waals surface area contributed by atoms with E-state index in [2.05, 4.69) is 10.6 Å². The number of carbonyl (C=O) groups is 2. The molecule has 0 aliphatic rings. The second-order valence-electron chi connectivity index (χ2n) is 6.10. The van der Waals surface area contributed by atoms with Crippen LogP contribution in [0, 0.1) is 0 Å². The lowest BCUT2D eigenvalue weighted by molar-refractivity contribution is -0.123. The van der Waals surface area contributed by atoms with Crippen molar-refractivity contribution in [3.8, 4) is 0 Å². The summed E-state index contributed by atoms with van der Waals surface area (Å²) in [5.41, 5.74) is 7.25. The van der Waals surface area contributed by atoms with Crippen molar-refractivity contribution in [1.82, 2.24) is 10.6 Å². The molecule has 0 aromatic heterocycles. The van der Waals surface area contributed by atoms with Crippen LogP contribution in [0.4, 0.5) is 0 Å². The van der Waals surface area contributed by atoms with E-state index in [4.69, 9.17) is 5.73 Å². The molecule has 0 fully saturated rings. The van der Waals surface area contributed by atoms with Crippen LogP contribution in [-0.4, -0.2) is 23.9 Å². The molecule has 1 aromatic rings. The Kier molecular flexibility index (Phi) is 6.37. The molecule has 5 heteroatoms. The average molecular weight is 291 g/mol. The molecule has 0 aliphatic carbocycles. The third kappa shape index (κ3) is 7.46. The van der Waals surface area contributed by atoms with Crippen LogP contribution >= 0.6 is 0 Å². The van der Waals surface area contributed by atoms with Gasteiger partial charge in [0.15, 0.2) is 0 Å². The van der Waals surface area contributed by atoms with Crippen LogP contribution in [0.15, 0.2) is 24.3 Å². The Bertz CT molecular complexity index is 475. The fourth-order valence-corrected chi connectivity index (χ4v) is 1.84. The highest BCUT2D eigenvalue weighted by Crippen LogP contribution is 2.04. The van der Waals surface area contributed by atoms with E-state index >= 15 is 0 Å². The summed E-state index contributed by atoms with van der Waals surface area (Å²) in [6.07, 6.45) is 0.598. The van der Waals surface area contributed by atoms with Crippen molar-refractivity contribution in [2.75, 3.05) is 6.54 Å². The average Bonchev–Trinajstić information content (AvgIpc) is 2.37. The summed E-state index contributed by atoms with van der Waals surface area (Å²) in [5.74, 6) is -0.144. The lowest BCUT2D eigenvalue weighted by Crippen LogP contribution is -2.42. The Morgan fingerprint density at radius 3 is 2.14 bits per heavy atom. The van der Waals surface area contributed by atoms with Gasteiger partial charge in [-0.1, -0.05) is 24.3 Å². The van der Waals surface area contributed by atoms with Gasteiger partial charge in [-0.05, 0) is 31.9 Å². The molecule has 1 aromatic carbocycles. The third-order valence-corrected chi connectivity index (χ3v) is 2.81. The Hall–Kier alpha value is -1.88. The molecule has 4 N–H and O–H groups in total. The van der Waals surface area contributed by atoms with E-state index in [9.17, 15) is 9.59 Å². The number of nitrogens with one attached hydrogen (secondary N) is 2. The topological polar surface area (TPSA) is 84.2 Å². The Morgan fingerprint density at radius 1 is 1.05 bits per heavy atom. The van der Waals surface area contributed by atoms with E-state index < -0.39 is 0 Å². The van der Waals surface area contributed by atoms with Crippen molar-refractivity contribution < 1.29 is 9.59 Å². The van der Waals surface area contributed by atoms with Crippen molar-refractivity contribution in [2.45, 2.75) is 45.7 Å². The number of nitrogens with two attached hydrogens (primary N) is 1. The standard InChI is InChI=1S/C16H25N3O2/c1-16(2,3)19-14(20)8-9-18-15(21)10-12-4-6-13(11-17)7-5-12/h4-7H,8-11,17H2,1-3H3,(H,18,21)(H,19,20). The van der Waals surface area contributed by atoms with Crippen LogP contribution in [0.1, 0.15) is 38.3 Å². The minimum atomic E-state index is -0.244. The summed E-state index contributed by atoms with van der Waals surface area (Å²) >= 11 is 0. The van der Waals surface area contributed by atoms with Gasteiger partial charge in [0.05, 0.1) is 6.42 Å².